The van der Waals surface area contributed by atoms with Gasteiger partial charge in [0, 0.05) is 11.8 Å². The summed E-state index contributed by atoms with van der Waals surface area (Å²) in [5.74, 6) is -0.774. The summed E-state index contributed by atoms with van der Waals surface area (Å²) < 4.78 is 42.3. The van der Waals surface area contributed by atoms with Gasteiger partial charge in [-0.1, -0.05) is 6.07 Å². The van der Waals surface area contributed by atoms with Gasteiger partial charge in [0.2, 0.25) is 0 Å². The van der Waals surface area contributed by atoms with E-state index in [0.717, 1.165) is 6.26 Å². The molecule has 1 aromatic rings. The summed E-state index contributed by atoms with van der Waals surface area (Å²) in [5.41, 5.74) is 5.47. The largest absolute Gasteiger partial charge is 0.495 e. The molecule has 6 heteroatoms. The van der Waals surface area contributed by atoms with Crippen LogP contribution in [0.15, 0.2) is 17.0 Å². The van der Waals surface area contributed by atoms with Gasteiger partial charge in [0.1, 0.15) is 16.5 Å². The van der Waals surface area contributed by atoms with Crippen LogP contribution >= 0.6 is 0 Å². The van der Waals surface area contributed by atoms with Crippen molar-refractivity contribution >= 4 is 9.84 Å². The summed E-state index contributed by atoms with van der Waals surface area (Å²) in [5, 5.41) is 0. The molecule has 4 nitrogen and oxygen atoms in total. The van der Waals surface area contributed by atoms with Gasteiger partial charge in [0.15, 0.2) is 9.84 Å². The highest BCUT2D eigenvalue weighted by Gasteiger charge is 2.24. The lowest BCUT2D eigenvalue weighted by molar-refractivity contribution is 0.392. The van der Waals surface area contributed by atoms with Gasteiger partial charge < -0.3 is 10.5 Å². The third-order valence-corrected chi connectivity index (χ3v) is 3.50. The molecule has 1 aromatic carbocycles. The first-order chi connectivity index (χ1) is 8.06. The minimum Gasteiger partial charge on any atom is -0.495 e. The van der Waals surface area contributed by atoms with E-state index in [1.165, 1.54) is 19.2 Å². The molecule has 18 heavy (non-hydrogen) atoms. The summed E-state index contributed by atoms with van der Waals surface area (Å²) in [6.45, 7) is 3.49. The molecular weight excluding hydrogens is 257 g/mol. The van der Waals surface area contributed by atoms with E-state index in [-0.39, 0.29) is 17.7 Å². The molecule has 102 valence electrons. The number of sulfone groups is 1. The van der Waals surface area contributed by atoms with Crippen LogP contribution in [-0.4, -0.2) is 27.3 Å². The Balaban J connectivity index is 3.45. The Labute approximate surface area is 107 Å². The first-order valence-electron chi connectivity index (χ1n) is 5.40. The molecule has 0 saturated carbocycles. The molecule has 1 rings (SSSR count). The van der Waals surface area contributed by atoms with Gasteiger partial charge in [0.25, 0.3) is 0 Å². The Hall–Kier alpha value is -1.14. The third-order valence-electron chi connectivity index (χ3n) is 2.38. The SMILES string of the molecule is COc1ccc(CC(C)(C)N)c(F)c1S(C)(=O)=O. The molecule has 0 aliphatic carbocycles. The molecule has 0 aliphatic heterocycles. The lowest BCUT2D eigenvalue weighted by atomic mass is 9.96. The summed E-state index contributed by atoms with van der Waals surface area (Å²) in [6.07, 6.45) is 1.19. The number of benzene rings is 1. The zero-order valence-corrected chi connectivity index (χ0v) is 11.8. The Kier molecular flexibility index (Phi) is 4.02. The minimum absolute atomic E-state index is 0.00794. The number of hydrogen-bond acceptors (Lipinski definition) is 4. The Morgan fingerprint density at radius 3 is 2.33 bits per heavy atom. The van der Waals surface area contributed by atoms with Gasteiger partial charge in [-0.3, -0.25) is 0 Å². The van der Waals surface area contributed by atoms with Crippen LogP contribution < -0.4 is 10.5 Å². The first-order valence-corrected chi connectivity index (χ1v) is 7.29. The predicted molar refractivity (Wildman–Crippen MR) is 68.0 cm³/mol. The molecule has 0 heterocycles. The van der Waals surface area contributed by atoms with E-state index in [1.54, 1.807) is 13.8 Å². The second-order valence-corrected chi connectivity index (χ2v) is 6.96. The van der Waals surface area contributed by atoms with Crippen molar-refractivity contribution in [3.05, 3.63) is 23.5 Å². The van der Waals surface area contributed by atoms with Crippen LogP contribution in [0.1, 0.15) is 19.4 Å². The van der Waals surface area contributed by atoms with Crippen molar-refractivity contribution in [2.45, 2.75) is 30.7 Å². The van der Waals surface area contributed by atoms with Crippen molar-refractivity contribution < 1.29 is 17.5 Å². The monoisotopic (exact) mass is 275 g/mol. The van der Waals surface area contributed by atoms with Crippen LogP contribution in [0.4, 0.5) is 4.39 Å². The van der Waals surface area contributed by atoms with E-state index in [1.807, 2.05) is 0 Å². The molecule has 0 bridgehead atoms. The smallest absolute Gasteiger partial charge is 0.182 e. The van der Waals surface area contributed by atoms with Crippen molar-refractivity contribution in [1.29, 1.82) is 0 Å². The van der Waals surface area contributed by atoms with Crippen molar-refractivity contribution in [3.8, 4) is 5.75 Å². The first kappa shape index (κ1) is 14.9. The topological polar surface area (TPSA) is 69.4 Å². The molecular formula is C12H18FNO3S. The normalized spacial score (nSPS) is 12.6. The Morgan fingerprint density at radius 1 is 1.39 bits per heavy atom. The van der Waals surface area contributed by atoms with E-state index < -0.39 is 26.1 Å². The van der Waals surface area contributed by atoms with Crippen LogP contribution in [0.5, 0.6) is 5.75 Å². The average Bonchev–Trinajstić information content (AvgIpc) is 2.16. The molecule has 0 saturated heterocycles. The summed E-state index contributed by atoms with van der Waals surface area (Å²) in [7, 11) is -2.39. The maximum Gasteiger partial charge on any atom is 0.182 e. The molecule has 0 fully saturated rings. The number of halogens is 1. The fourth-order valence-corrected chi connectivity index (χ4v) is 2.69. The number of hydrogen-bond donors (Lipinski definition) is 1. The number of methoxy groups -OCH3 is 1. The fourth-order valence-electron chi connectivity index (χ4n) is 1.71. The van der Waals surface area contributed by atoms with Crippen molar-refractivity contribution in [3.63, 3.8) is 0 Å². The highest BCUT2D eigenvalue weighted by molar-refractivity contribution is 7.90. The molecule has 0 amide bonds. The summed E-state index contributed by atoms with van der Waals surface area (Å²) in [6, 6.07) is 2.94. The van der Waals surface area contributed by atoms with Crippen LogP contribution in [0.25, 0.3) is 0 Å². The van der Waals surface area contributed by atoms with Gasteiger partial charge >= 0.3 is 0 Å². The standard InChI is InChI=1S/C12H18FNO3S/c1-12(2,14)7-8-5-6-9(17-3)11(10(8)13)18(4,15)16/h5-6H,7,14H2,1-4H3. The number of ether oxygens (including phenoxy) is 1. The van der Waals surface area contributed by atoms with Crippen molar-refractivity contribution in [2.75, 3.05) is 13.4 Å². The van der Waals surface area contributed by atoms with Gasteiger partial charge in [-0.25, -0.2) is 12.8 Å². The fraction of sp³-hybridized carbons (Fsp3) is 0.500. The Morgan fingerprint density at radius 2 is 1.94 bits per heavy atom. The molecule has 0 spiro atoms. The van der Waals surface area contributed by atoms with E-state index in [2.05, 4.69) is 0 Å². The summed E-state index contributed by atoms with van der Waals surface area (Å²) >= 11 is 0. The predicted octanol–water partition coefficient (Wildman–Crippen LogP) is 1.52. The highest BCUT2D eigenvalue weighted by atomic mass is 32.2. The third kappa shape index (κ3) is 3.43. The van der Waals surface area contributed by atoms with E-state index in [4.69, 9.17) is 10.5 Å². The van der Waals surface area contributed by atoms with Crippen molar-refractivity contribution in [1.82, 2.24) is 0 Å². The summed E-state index contributed by atoms with van der Waals surface area (Å²) in [4.78, 5) is -0.410. The van der Waals surface area contributed by atoms with Crippen molar-refractivity contribution in [2.24, 2.45) is 5.73 Å². The van der Waals surface area contributed by atoms with Gasteiger partial charge in [-0.2, -0.15) is 0 Å². The molecule has 2 N–H and O–H groups in total. The zero-order chi connectivity index (χ0) is 14.1. The van der Waals surface area contributed by atoms with Gasteiger partial charge in [-0.15, -0.1) is 0 Å². The van der Waals surface area contributed by atoms with Crippen LogP contribution in [0.2, 0.25) is 0 Å². The maximum atomic E-state index is 14.2. The van der Waals surface area contributed by atoms with Crippen LogP contribution in [0, 0.1) is 5.82 Å². The molecule has 0 aliphatic rings. The van der Waals surface area contributed by atoms with E-state index in [9.17, 15) is 12.8 Å². The number of rotatable bonds is 4. The maximum absolute atomic E-state index is 14.2. The average molecular weight is 275 g/mol. The molecule has 0 atom stereocenters. The Bertz CT molecular complexity index is 547. The van der Waals surface area contributed by atoms with E-state index >= 15 is 0 Å². The quantitative estimate of drug-likeness (QED) is 0.904. The van der Waals surface area contributed by atoms with Gasteiger partial charge in [-0.05, 0) is 31.9 Å². The van der Waals surface area contributed by atoms with E-state index in [0.29, 0.717) is 0 Å². The minimum atomic E-state index is -3.70. The van der Waals surface area contributed by atoms with Gasteiger partial charge in [0.05, 0.1) is 7.11 Å². The lowest BCUT2D eigenvalue weighted by Gasteiger charge is -2.20. The molecule has 0 aromatic heterocycles. The van der Waals surface area contributed by atoms with Crippen LogP contribution in [-0.2, 0) is 16.3 Å². The second kappa shape index (κ2) is 4.85. The molecule has 0 unspecified atom stereocenters. The van der Waals surface area contributed by atoms with Crippen LogP contribution in [0.3, 0.4) is 0 Å². The zero-order valence-electron chi connectivity index (χ0n) is 11.0. The lowest BCUT2D eigenvalue weighted by Crippen LogP contribution is -2.34. The second-order valence-electron chi connectivity index (χ2n) is 5.01. The molecule has 0 radical (unpaired) electrons. The number of nitrogens with two attached hydrogens (primary N) is 1. The highest BCUT2D eigenvalue weighted by Crippen LogP contribution is 2.30.